The van der Waals surface area contributed by atoms with Gasteiger partial charge in [-0.3, -0.25) is 4.79 Å². The minimum atomic E-state index is -3.81. The molecule has 1 N–H and O–H groups in total. The first kappa shape index (κ1) is 23.3. The maximum Gasteiger partial charge on any atom is 0.304 e. The van der Waals surface area contributed by atoms with Crippen molar-refractivity contribution in [3.8, 4) is 5.88 Å². The maximum absolute atomic E-state index is 13.7. The van der Waals surface area contributed by atoms with Gasteiger partial charge in [-0.1, -0.05) is 43.7 Å². The van der Waals surface area contributed by atoms with Crippen LogP contribution in [0, 0.1) is 11.8 Å². The van der Waals surface area contributed by atoms with Gasteiger partial charge in [0.05, 0.1) is 13.2 Å². The Morgan fingerprint density at radius 2 is 1.88 bits per heavy atom. The number of ketones is 1. The van der Waals surface area contributed by atoms with Crippen LogP contribution in [0.5, 0.6) is 5.88 Å². The Bertz CT molecular complexity index is 1140. The Balaban J connectivity index is 1.41. The van der Waals surface area contributed by atoms with Crippen molar-refractivity contribution in [2.24, 2.45) is 11.8 Å². The van der Waals surface area contributed by atoms with Gasteiger partial charge in [0.25, 0.3) is 0 Å². The normalized spacial score (nSPS) is 25.5. The molecule has 1 saturated carbocycles. The molecule has 0 amide bonds. The molecule has 5 rings (SSSR count). The number of pyridine rings is 1. The van der Waals surface area contributed by atoms with Gasteiger partial charge in [-0.2, -0.15) is 12.7 Å². The highest BCUT2D eigenvalue weighted by Gasteiger charge is 2.45. The number of hydrogen-bond donors (Lipinski definition) is 1. The molecule has 34 heavy (non-hydrogen) atoms. The minimum absolute atomic E-state index is 0.0111. The van der Waals surface area contributed by atoms with E-state index >= 15 is 0 Å². The molecule has 1 aliphatic carbocycles. The predicted octanol–water partition coefficient (Wildman–Crippen LogP) is 2.53. The van der Waals surface area contributed by atoms with Gasteiger partial charge in [0.1, 0.15) is 17.6 Å². The lowest BCUT2D eigenvalue weighted by Crippen LogP contribution is -2.50. The first-order chi connectivity index (χ1) is 16.4. The van der Waals surface area contributed by atoms with E-state index in [9.17, 15) is 18.3 Å². The lowest BCUT2D eigenvalue weighted by Gasteiger charge is -2.36. The number of ether oxygens (including phenoxy) is 1. The molecule has 8 nitrogen and oxygen atoms in total. The molecular formula is C25H31N3O5S. The summed E-state index contributed by atoms with van der Waals surface area (Å²) in [6.45, 7) is 2.64. The Hall–Kier alpha value is -2.49. The predicted molar refractivity (Wildman–Crippen MR) is 128 cm³/mol. The first-order valence-electron chi connectivity index (χ1n) is 12.0. The summed E-state index contributed by atoms with van der Waals surface area (Å²) >= 11 is 0. The van der Waals surface area contributed by atoms with E-state index in [1.807, 2.05) is 37.3 Å². The number of rotatable bonds is 7. The summed E-state index contributed by atoms with van der Waals surface area (Å²) in [6, 6.07) is 11.3. The molecule has 0 bridgehead atoms. The average Bonchev–Trinajstić information content (AvgIpc) is 3.46. The number of hydrogen-bond acceptors (Lipinski definition) is 6. The fourth-order valence-corrected chi connectivity index (χ4v) is 7.21. The van der Waals surface area contributed by atoms with E-state index in [4.69, 9.17) is 4.74 Å². The highest BCUT2D eigenvalue weighted by molar-refractivity contribution is 7.90. The number of aromatic nitrogens is 1. The lowest BCUT2D eigenvalue weighted by atomic mass is 9.93. The summed E-state index contributed by atoms with van der Waals surface area (Å²) in [6.07, 6.45) is 4.31. The van der Waals surface area contributed by atoms with Gasteiger partial charge in [0.2, 0.25) is 5.88 Å². The van der Waals surface area contributed by atoms with Crippen LogP contribution in [-0.2, 0) is 21.4 Å². The zero-order valence-corrected chi connectivity index (χ0v) is 20.2. The van der Waals surface area contributed by atoms with Gasteiger partial charge in [0.15, 0.2) is 0 Å². The van der Waals surface area contributed by atoms with Gasteiger partial charge in [-0.05, 0) is 41.9 Å². The Labute approximate surface area is 200 Å². The number of nitrogens with zero attached hydrogens (tertiary/aromatic N) is 3. The molecule has 4 atom stereocenters. The highest BCUT2D eigenvalue weighted by Crippen LogP contribution is 2.41. The van der Waals surface area contributed by atoms with E-state index in [-0.39, 0.29) is 37.2 Å². The van der Waals surface area contributed by atoms with Crippen LogP contribution >= 0.6 is 0 Å². The molecule has 1 saturated heterocycles. The second-order valence-electron chi connectivity index (χ2n) is 9.67. The largest absolute Gasteiger partial charge is 0.468 e. The van der Waals surface area contributed by atoms with Crippen LogP contribution in [-0.4, -0.2) is 60.9 Å². The molecule has 3 aliphatic rings. The van der Waals surface area contributed by atoms with Crippen molar-refractivity contribution in [2.75, 3.05) is 30.5 Å². The Kier molecular flexibility index (Phi) is 6.35. The Morgan fingerprint density at radius 3 is 2.56 bits per heavy atom. The molecule has 1 aromatic heterocycles. The molecule has 3 heterocycles. The molecule has 0 radical (unpaired) electrons. The first-order valence-corrected chi connectivity index (χ1v) is 13.4. The number of anilines is 1. The van der Waals surface area contributed by atoms with Gasteiger partial charge in [-0.15, -0.1) is 0 Å². The van der Waals surface area contributed by atoms with E-state index in [0.717, 1.165) is 18.4 Å². The van der Waals surface area contributed by atoms with E-state index < -0.39 is 16.3 Å². The SMILES string of the molecule is C[C@H](C(=O)Cc1cnc2c(c1)N(S(=O)(=O)N1C[C@H]3CCC[C@H]3C1)C[C@H](CO)O2)c1ccccc1. The quantitative estimate of drug-likeness (QED) is 0.647. The zero-order valence-electron chi connectivity index (χ0n) is 19.3. The number of aliphatic hydroxyl groups is 1. The second kappa shape index (κ2) is 9.28. The number of aliphatic hydroxyl groups excluding tert-OH is 1. The number of benzene rings is 1. The number of carbonyl (C=O) groups is 1. The minimum Gasteiger partial charge on any atom is -0.468 e. The van der Waals surface area contributed by atoms with Gasteiger partial charge in [0, 0.05) is 31.6 Å². The van der Waals surface area contributed by atoms with E-state index in [1.54, 1.807) is 16.6 Å². The van der Waals surface area contributed by atoms with Crippen LogP contribution in [0.15, 0.2) is 42.6 Å². The summed E-state index contributed by atoms with van der Waals surface area (Å²) in [5.74, 6) is 0.757. The fraction of sp³-hybridized carbons (Fsp3) is 0.520. The average molecular weight is 486 g/mol. The monoisotopic (exact) mass is 485 g/mol. The molecule has 1 aromatic carbocycles. The van der Waals surface area contributed by atoms with Crippen molar-refractivity contribution in [3.05, 3.63) is 53.7 Å². The molecule has 2 aromatic rings. The molecule has 182 valence electrons. The number of Topliss-reactive ketones (excluding diaryl/α,β-unsaturated/α-hetero) is 1. The van der Waals surface area contributed by atoms with Crippen LogP contribution in [0.3, 0.4) is 0 Å². The van der Waals surface area contributed by atoms with Crippen molar-refractivity contribution < 1.29 is 23.1 Å². The van der Waals surface area contributed by atoms with E-state index in [1.165, 1.54) is 10.7 Å². The second-order valence-corrected chi connectivity index (χ2v) is 11.5. The van der Waals surface area contributed by atoms with Crippen molar-refractivity contribution in [1.82, 2.24) is 9.29 Å². The molecule has 9 heteroatoms. The highest BCUT2D eigenvalue weighted by atomic mass is 32.2. The van der Waals surface area contributed by atoms with Crippen molar-refractivity contribution in [1.29, 1.82) is 0 Å². The van der Waals surface area contributed by atoms with Crippen molar-refractivity contribution in [2.45, 2.75) is 44.6 Å². The van der Waals surface area contributed by atoms with Gasteiger partial charge in [-0.25, -0.2) is 9.29 Å². The topological polar surface area (TPSA) is 100 Å². The van der Waals surface area contributed by atoms with Crippen LogP contribution < -0.4 is 9.04 Å². The fourth-order valence-electron chi connectivity index (χ4n) is 5.44. The molecule has 2 aliphatic heterocycles. The third-order valence-corrected chi connectivity index (χ3v) is 9.32. The third kappa shape index (κ3) is 4.32. The summed E-state index contributed by atoms with van der Waals surface area (Å²) in [7, 11) is -3.81. The van der Waals surface area contributed by atoms with Crippen LogP contribution in [0.25, 0.3) is 0 Å². The van der Waals surface area contributed by atoms with E-state index in [2.05, 4.69) is 4.98 Å². The Morgan fingerprint density at radius 1 is 1.18 bits per heavy atom. The molecular weight excluding hydrogens is 454 g/mol. The standard InChI is InChI=1S/C25H31N3O5S/c1-17(19-6-3-2-4-7-19)24(30)11-18-10-23-25(26-12-18)33-22(16-29)15-28(23)34(31,32)27-13-20-8-5-9-21(20)14-27/h2-4,6-7,10,12,17,20-22,29H,5,8-9,11,13-16H2,1H3/t17-,20-,21+,22+/m0/s1. The molecule has 2 fully saturated rings. The molecule has 0 unspecified atom stereocenters. The van der Waals surface area contributed by atoms with Crippen LogP contribution in [0.4, 0.5) is 5.69 Å². The smallest absolute Gasteiger partial charge is 0.304 e. The van der Waals surface area contributed by atoms with Gasteiger partial charge < -0.3 is 9.84 Å². The lowest BCUT2D eigenvalue weighted by molar-refractivity contribution is -0.119. The van der Waals surface area contributed by atoms with E-state index in [0.29, 0.717) is 36.2 Å². The summed E-state index contributed by atoms with van der Waals surface area (Å²) in [5.41, 5.74) is 1.91. The zero-order chi connectivity index (χ0) is 23.9. The summed E-state index contributed by atoms with van der Waals surface area (Å²) < 4.78 is 36.0. The third-order valence-electron chi connectivity index (χ3n) is 7.47. The summed E-state index contributed by atoms with van der Waals surface area (Å²) in [5, 5.41) is 9.71. The van der Waals surface area contributed by atoms with Crippen molar-refractivity contribution in [3.63, 3.8) is 0 Å². The van der Waals surface area contributed by atoms with Gasteiger partial charge >= 0.3 is 10.2 Å². The number of carbonyl (C=O) groups excluding carboxylic acids is 1. The van der Waals surface area contributed by atoms with Crippen LogP contribution in [0.1, 0.15) is 43.2 Å². The number of fused-ring (bicyclic) bond motifs is 2. The molecule has 0 spiro atoms. The summed E-state index contributed by atoms with van der Waals surface area (Å²) in [4.78, 5) is 17.3. The van der Waals surface area contributed by atoms with Crippen LogP contribution in [0.2, 0.25) is 0 Å². The van der Waals surface area contributed by atoms with Crippen molar-refractivity contribution >= 4 is 21.7 Å². The maximum atomic E-state index is 13.7.